The Morgan fingerprint density at radius 3 is 2.79 bits per heavy atom. The quantitative estimate of drug-likeness (QED) is 0.651. The first-order valence-electron chi connectivity index (χ1n) is 5.43. The predicted molar refractivity (Wildman–Crippen MR) is 52.8 cm³/mol. The lowest BCUT2D eigenvalue weighted by atomic mass is 10.1. The molecule has 2 unspecified atom stereocenters. The molecule has 2 rings (SSSR count). The zero-order valence-corrected chi connectivity index (χ0v) is 8.45. The van der Waals surface area contributed by atoms with Gasteiger partial charge in [0, 0.05) is 25.7 Å². The van der Waals surface area contributed by atoms with Crippen molar-refractivity contribution in [1.82, 2.24) is 4.90 Å². The van der Waals surface area contributed by atoms with E-state index in [9.17, 15) is 4.79 Å². The third kappa shape index (κ3) is 2.07. The second-order valence-electron chi connectivity index (χ2n) is 4.19. The summed E-state index contributed by atoms with van der Waals surface area (Å²) >= 11 is 0. The summed E-state index contributed by atoms with van der Waals surface area (Å²) in [7, 11) is 0. The Balaban J connectivity index is 1.87. The van der Waals surface area contributed by atoms with Gasteiger partial charge in [0.25, 0.3) is 5.91 Å². The highest BCUT2D eigenvalue weighted by molar-refractivity contribution is 5.81. The van der Waals surface area contributed by atoms with E-state index in [-0.39, 0.29) is 18.1 Å². The summed E-state index contributed by atoms with van der Waals surface area (Å²) in [6.07, 6.45) is 3.82. The van der Waals surface area contributed by atoms with Crippen molar-refractivity contribution in [1.29, 1.82) is 0 Å². The fraction of sp³-hybridized carbons (Fsp3) is 0.900. The number of hydrogen-bond acceptors (Lipinski definition) is 3. The molecule has 14 heavy (non-hydrogen) atoms. The van der Waals surface area contributed by atoms with Gasteiger partial charge in [0.05, 0.1) is 0 Å². The number of nitrogens with zero attached hydrogens (tertiary/aromatic N) is 1. The minimum atomic E-state index is -0.186. The van der Waals surface area contributed by atoms with E-state index in [2.05, 4.69) is 0 Å². The topological polar surface area (TPSA) is 55.6 Å². The van der Waals surface area contributed by atoms with Crippen LogP contribution < -0.4 is 5.73 Å². The van der Waals surface area contributed by atoms with Gasteiger partial charge < -0.3 is 15.4 Å². The summed E-state index contributed by atoms with van der Waals surface area (Å²) in [6, 6.07) is 0.169. The lowest BCUT2D eigenvalue weighted by Crippen LogP contribution is -2.41. The smallest absolute Gasteiger partial charge is 0.251 e. The van der Waals surface area contributed by atoms with Crippen molar-refractivity contribution in [2.75, 3.05) is 19.7 Å². The molecular formula is C10H18N2O2. The molecule has 0 aromatic carbocycles. The molecule has 1 amide bonds. The van der Waals surface area contributed by atoms with Gasteiger partial charge in [-0.1, -0.05) is 0 Å². The summed E-state index contributed by atoms with van der Waals surface area (Å²) in [5.74, 6) is 0.151. The highest BCUT2D eigenvalue weighted by Crippen LogP contribution is 2.17. The van der Waals surface area contributed by atoms with E-state index < -0.39 is 0 Å². The third-order valence-electron chi connectivity index (χ3n) is 2.99. The molecule has 2 aliphatic rings. The van der Waals surface area contributed by atoms with Crippen molar-refractivity contribution in [2.24, 2.45) is 5.73 Å². The number of nitrogens with two attached hydrogens (primary N) is 1. The average Bonchev–Trinajstić information content (AvgIpc) is 2.65. The second-order valence-corrected chi connectivity index (χ2v) is 4.19. The van der Waals surface area contributed by atoms with Crippen molar-refractivity contribution >= 4 is 5.91 Å². The summed E-state index contributed by atoms with van der Waals surface area (Å²) in [4.78, 5) is 13.7. The first-order valence-corrected chi connectivity index (χ1v) is 5.43. The van der Waals surface area contributed by atoms with Gasteiger partial charge in [0.1, 0.15) is 6.10 Å². The fourth-order valence-corrected chi connectivity index (χ4v) is 2.13. The van der Waals surface area contributed by atoms with Crippen LogP contribution in [0.2, 0.25) is 0 Å². The molecule has 4 nitrogen and oxygen atoms in total. The minimum absolute atomic E-state index is 0.151. The molecule has 80 valence electrons. The molecule has 0 bridgehead atoms. The molecule has 2 saturated heterocycles. The maximum Gasteiger partial charge on any atom is 0.251 e. The highest BCUT2D eigenvalue weighted by Gasteiger charge is 2.30. The van der Waals surface area contributed by atoms with Gasteiger partial charge >= 0.3 is 0 Å². The van der Waals surface area contributed by atoms with Gasteiger partial charge in [0.2, 0.25) is 0 Å². The lowest BCUT2D eigenvalue weighted by molar-refractivity contribution is -0.145. The molecule has 0 saturated carbocycles. The Morgan fingerprint density at radius 2 is 2.21 bits per heavy atom. The minimum Gasteiger partial charge on any atom is -0.368 e. The molecule has 2 fully saturated rings. The molecule has 2 N–H and O–H groups in total. The summed E-state index contributed by atoms with van der Waals surface area (Å²) in [5.41, 5.74) is 5.76. The molecule has 0 aromatic rings. The van der Waals surface area contributed by atoms with E-state index in [1.165, 1.54) is 0 Å². The van der Waals surface area contributed by atoms with Gasteiger partial charge in [-0.25, -0.2) is 0 Å². The van der Waals surface area contributed by atoms with E-state index in [4.69, 9.17) is 10.5 Å². The number of ether oxygens (including phenoxy) is 1. The number of carbonyl (C=O) groups excluding carboxylic acids is 1. The first kappa shape index (κ1) is 9.93. The first-order chi connectivity index (χ1) is 6.77. The number of hydrogen-bond donors (Lipinski definition) is 1. The van der Waals surface area contributed by atoms with Gasteiger partial charge in [-0.05, 0) is 25.7 Å². The SMILES string of the molecule is NC1CCN(C(=O)C2CCCCO2)C1. The Kier molecular flexibility index (Phi) is 3.03. The Morgan fingerprint density at radius 1 is 1.36 bits per heavy atom. The molecule has 2 atom stereocenters. The van der Waals surface area contributed by atoms with Crippen LogP contribution in [0.15, 0.2) is 0 Å². The maximum absolute atomic E-state index is 11.9. The van der Waals surface area contributed by atoms with Crippen LogP contribution in [0, 0.1) is 0 Å². The van der Waals surface area contributed by atoms with E-state index in [1.807, 2.05) is 4.90 Å². The second kappa shape index (κ2) is 4.28. The van der Waals surface area contributed by atoms with Crippen LogP contribution in [0.5, 0.6) is 0 Å². The highest BCUT2D eigenvalue weighted by atomic mass is 16.5. The zero-order valence-electron chi connectivity index (χ0n) is 8.45. The summed E-state index contributed by atoms with van der Waals surface area (Å²) < 4.78 is 5.46. The van der Waals surface area contributed by atoms with Crippen molar-refractivity contribution in [3.05, 3.63) is 0 Å². The average molecular weight is 198 g/mol. The summed E-state index contributed by atoms with van der Waals surface area (Å²) in [5, 5.41) is 0. The monoisotopic (exact) mass is 198 g/mol. The Bertz CT molecular complexity index is 207. The Hall–Kier alpha value is -0.610. The van der Waals surface area contributed by atoms with E-state index >= 15 is 0 Å². The summed E-state index contributed by atoms with van der Waals surface area (Å²) in [6.45, 7) is 2.24. The van der Waals surface area contributed by atoms with Crippen LogP contribution in [0.4, 0.5) is 0 Å². The molecule has 4 heteroatoms. The molecular weight excluding hydrogens is 180 g/mol. The number of carbonyl (C=O) groups is 1. The Labute approximate surface area is 84.4 Å². The van der Waals surface area contributed by atoms with E-state index in [1.54, 1.807) is 0 Å². The zero-order chi connectivity index (χ0) is 9.97. The van der Waals surface area contributed by atoms with Crippen LogP contribution in [-0.4, -0.2) is 42.6 Å². The lowest BCUT2D eigenvalue weighted by Gasteiger charge is -2.26. The molecule has 0 radical (unpaired) electrons. The van der Waals surface area contributed by atoms with Crippen LogP contribution in [0.25, 0.3) is 0 Å². The fourth-order valence-electron chi connectivity index (χ4n) is 2.13. The largest absolute Gasteiger partial charge is 0.368 e. The van der Waals surface area contributed by atoms with Gasteiger partial charge in [-0.15, -0.1) is 0 Å². The van der Waals surface area contributed by atoms with Gasteiger partial charge in [-0.2, -0.15) is 0 Å². The van der Waals surface area contributed by atoms with Crippen LogP contribution in [-0.2, 0) is 9.53 Å². The van der Waals surface area contributed by atoms with Gasteiger partial charge in [0.15, 0.2) is 0 Å². The molecule has 2 heterocycles. The molecule has 0 aliphatic carbocycles. The van der Waals surface area contributed by atoms with Crippen LogP contribution in [0.3, 0.4) is 0 Å². The maximum atomic E-state index is 11.9. The van der Waals surface area contributed by atoms with E-state index in [0.717, 1.165) is 38.8 Å². The third-order valence-corrected chi connectivity index (χ3v) is 2.99. The predicted octanol–water partition coefficient (Wildman–Crippen LogP) is 0.115. The van der Waals surface area contributed by atoms with E-state index in [0.29, 0.717) is 6.54 Å². The van der Waals surface area contributed by atoms with Gasteiger partial charge in [-0.3, -0.25) is 4.79 Å². The van der Waals surface area contributed by atoms with Crippen molar-refractivity contribution in [3.8, 4) is 0 Å². The molecule has 0 spiro atoms. The van der Waals surface area contributed by atoms with Crippen molar-refractivity contribution in [3.63, 3.8) is 0 Å². The standard InChI is InChI=1S/C10H18N2O2/c11-8-4-5-12(7-8)10(13)9-3-1-2-6-14-9/h8-9H,1-7,11H2. The molecule has 0 aromatic heterocycles. The van der Waals surface area contributed by atoms with Crippen molar-refractivity contribution in [2.45, 2.75) is 37.8 Å². The van der Waals surface area contributed by atoms with Crippen molar-refractivity contribution < 1.29 is 9.53 Å². The molecule has 2 aliphatic heterocycles. The normalized spacial score (nSPS) is 33.4. The number of rotatable bonds is 1. The number of likely N-dealkylation sites (tertiary alicyclic amines) is 1. The van der Waals surface area contributed by atoms with Crippen LogP contribution in [0.1, 0.15) is 25.7 Å². The van der Waals surface area contributed by atoms with Crippen LogP contribution >= 0.6 is 0 Å². The number of amides is 1.